The van der Waals surface area contributed by atoms with E-state index in [2.05, 4.69) is 15.0 Å². The molecule has 0 N–H and O–H groups in total. The van der Waals surface area contributed by atoms with E-state index in [0.717, 1.165) is 5.56 Å². The maximum atomic E-state index is 5.72. The van der Waals surface area contributed by atoms with Crippen molar-refractivity contribution in [2.75, 3.05) is 0 Å². The SMILES string of the molecule is Cc1ccc(-c2nc(Cl)nc(Cl)n2)cc1C. The number of aryl methyl sites for hydroxylation is 2. The van der Waals surface area contributed by atoms with Crippen LogP contribution in [0.3, 0.4) is 0 Å². The molecular weight excluding hydrogens is 245 g/mol. The predicted octanol–water partition coefficient (Wildman–Crippen LogP) is 3.46. The van der Waals surface area contributed by atoms with Crippen molar-refractivity contribution in [1.29, 1.82) is 0 Å². The van der Waals surface area contributed by atoms with Gasteiger partial charge in [-0.1, -0.05) is 12.1 Å². The van der Waals surface area contributed by atoms with Gasteiger partial charge in [0, 0.05) is 5.56 Å². The van der Waals surface area contributed by atoms with E-state index in [9.17, 15) is 0 Å². The molecule has 0 aliphatic carbocycles. The lowest BCUT2D eigenvalue weighted by Crippen LogP contribution is -1.94. The fourth-order valence-corrected chi connectivity index (χ4v) is 1.70. The van der Waals surface area contributed by atoms with Crippen LogP contribution in [0, 0.1) is 13.8 Å². The molecule has 0 fully saturated rings. The number of benzene rings is 1. The number of halogens is 2. The van der Waals surface area contributed by atoms with E-state index in [-0.39, 0.29) is 10.6 Å². The summed E-state index contributed by atoms with van der Waals surface area (Å²) >= 11 is 11.4. The molecule has 0 saturated carbocycles. The van der Waals surface area contributed by atoms with Crippen molar-refractivity contribution in [3.05, 3.63) is 39.9 Å². The average molecular weight is 254 g/mol. The molecule has 3 nitrogen and oxygen atoms in total. The van der Waals surface area contributed by atoms with Crippen molar-refractivity contribution in [2.45, 2.75) is 13.8 Å². The normalized spacial score (nSPS) is 10.5. The molecule has 5 heteroatoms. The third kappa shape index (κ3) is 2.31. The van der Waals surface area contributed by atoms with Crippen molar-refractivity contribution >= 4 is 23.2 Å². The smallest absolute Gasteiger partial charge is 0.198 e. The van der Waals surface area contributed by atoms with Gasteiger partial charge in [-0.3, -0.25) is 0 Å². The van der Waals surface area contributed by atoms with Crippen LogP contribution >= 0.6 is 23.2 Å². The van der Waals surface area contributed by atoms with Crippen LogP contribution in [0.25, 0.3) is 11.4 Å². The first-order valence-electron chi connectivity index (χ1n) is 4.71. The Morgan fingerprint density at radius 1 is 0.875 bits per heavy atom. The summed E-state index contributed by atoms with van der Waals surface area (Å²) in [5.74, 6) is 0.494. The zero-order valence-electron chi connectivity index (χ0n) is 8.83. The first kappa shape index (κ1) is 11.3. The Morgan fingerprint density at radius 2 is 1.50 bits per heavy atom. The van der Waals surface area contributed by atoms with Crippen LogP contribution in [-0.4, -0.2) is 15.0 Å². The minimum absolute atomic E-state index is 0.105. The molecule has 0 spiro atoms. The first-order chi connectivity index (χ1) is 7.56. The van der Waals surface area contributed by atoms with Gasteiger partial charge in [0.1, 0.15) is 0 Å². The van der Waals surface area contributed by atoms with Crippen molar-refractivity contribution in [3.8, 4) is 11.4 Å². The van der Waals surface area contributed by atoms with Gasteiger partial charge in [-0.2, -0.15) is 15.0 Å². The van der Waals surface area contributed by atoms with E-state index >= 15 is 0 Å². The quantitative estimate of drug-likeness (QED) is 0.782. The van der Waals surface area contributed by atoms with Gasteiger partial charge in [0.15, 0.2) is 5.82 Å². The number of aromatic nitrogens is 3. The van der Waals surface area contributed by atoms with Gasteiger partial charge < -0.3 is 0 Å². The highest BCUT2D eigenvalue weighted by atomic mass is 35.5. The zero-order chi connectivity index (χ0) is 11.7. The summed E-state index contributed by atoms with van der Waals surface area (Å²) in [7, 11) is 0. The van der Waals surface area contributed by atoms with Crippen molar-refractivity contribution < 1.29 is 0 Å². The molecule has 2 aromatic rings. The second-order valence-corrected chi connectivity index (χ2v) is 4.17. The summed E-state index contributed by atoms with van der Waals surface area (Å²) in [5, 5.41) is 0.210. The predicted molar refractivity (Wildman–Crippen MR) is 64.8 cm³/mol. The Hall–Kier alpha value is -1.19. The van der Waals surface area contributed by atoms with Gasteiger partial charge in [0.25, 0.3) is 0 Å². The van der Waals surface area contributed by atoms with Crippen LogP contribution in [0.2, 0.25) is 10.6 Å². The molecule has 0 unspecified atom stereocenters. The van der Waals surface area contributed by atoms with Gasteiger partial charge >= 0.3 is 0 Å². The maximum absolute atomic E-state index is 5.72. The van der Waals surface area contributed by atoms with Crippen molar-refractivity contribution in [1.82, 2.24) is 15.0 Å². The van der Waals surface area contributed by atoms with E-state index in [4.69, 9.17) is 23.2 Å². The Bertz CT molecular complexity index is 520. The summed E-state index contributed by atoms with van der Waals surface area (Å²) in [6.45, 7) is 4.08. The molecule has 0 saturated heterocycles. The molecule has 2 rings (SSSR count). The minimum Gasteiger partial charge on any atom is -0.198 e. The maximum Gasteiger partial charge on any atom is 0.227 e. The molecule has 0 aliphatic heterocycles. The number of hydrogen-bond acceptors (Lipinski definition) is 3. The van der Waals surface area contributed by atoms with Crippen molar-refractivity contribution in [3.63, 3.8) is 0 Å². The van der Waals surface area contributed by atoms with Gasteiger partial charge in [0.2, 0.25) is 10.6 Å². The summed E-state index contributed by atoms with van der Waals surface area (Å²) in [5.41, 5.74) is 3.27. The Labute approximate surface area is 103 Å². The summed E-state index contributed by atoms with van der Waals surface area (Å²) in [6, 6.07) is 5.94. The molecule has 0 radical (unpaired) electrons. The third-order valence-electron chi connectivity index (χ3n) is 2.35. The Morgan fingerprint density at radius 3 is 2.06 bits per heavy atom. The molecule has 1 aromatic carbocycles. The average Bonchev–Trinajstić information content (AvgIpc) is 2.20. The first-order valence-corrected chi connectivity index (χ1v) is 5.46. The van der Waals surface area contributed by atoms with E-state index in [1.54, 1.807) is 0 Å². The van der Waals surface area contributed by atoms with Crippen LogP contribution in [-0.2, 0) is 0 Å². The summed E-state index contributed by atoms with van der Waals surface area (Å²) in [6.07, 6.45) is 0. The van der Waals surface area contributed by atoms with Gasteiger partial charge in [-0.05, 0) is 54.2 Å². The molecule has 1 heterocycles. The van der Waals surface area contributed by atoms with Crippen LogP contribution in [0.5, 0.6) is 0 Å². The number of rotatable bonds is 1. The van der Waals surface area contributed by atoms with E-state index < -0.39 is 0 Å². The van der Waals surface area contributed by atoms with E-state index in [1.807, 2.05) is 32.0 Å². The standard InChI is InChI=1S/C11H9Cl2N3/c1-6-3-4-8(5-7(6)2)9-14-10(12)16-11(13)15-9/h3-5H,1-2H3. The lowest BCUT2D eigenvalue weighted by molar-refractivity contribution is 1.06. The third-order valence-corrected chi connectivity index (χ3v) is 2.68. The van der Waals surface area contributed by atoms with Gasteiger partial charge in [-0.25, -0.2) is 0 Å². The zero-order valence-corrected chi connectivity index (χ0v) is 10.3. The van der Waals surface area contributed by atoms with Gasteiger partial charge in [0.05, 0.1) is 0 Å². The van der Waals surface area contributed by atoms with Crippen LogP contribution in [0.1, 0.15) is 11.1 Å². The van der Waals surface area contributed by atoms with Crippen LogP contribution < -0.4 is 0 Å². The second kappa shape index (κ2) is 4.36. The molecule has 0 bridgehead atoms. The molecule has 0 amide bonds. The topological polar surface area (TPSA) is 38.7 Å². The lowest BCUT2D eigenvalue weighted by atomic mass is 10.1. The van der Waals surface area contributed by atoms with Crippen LogP contribution in [0.4, 0.5) is 0 Å². The molecular formula is C11H9Cl2N3. The molecule has 0 aliphatic rings. The fraction of sp³-hybridized carbons (Fsp3) is 0.182. The summed E-state index contributed by atoms with van der Waals surface area (Å²) < 4.78 is 0. The lowest BCUT2D eigenvalue weighted by Gasteiger charge is -2.04. The Kier molecular flexibility index (Phi) is 3.08. The molecule has 16 heavy (non-hydrogen) atoms. The summed E-state index contributed by atoms with van der Waals surface area (Å²) in [4.78, 5) is 11.8. The number of hydrogen-bond donors (Lipinski definition) is 0. The highest BCUT2D eigenvalue weighted by molar-refractivity contribution is 6.31. The monoisotopic (exact) mass is 253 g/mol. The molecule has 1 aromatic heterocycles. The minimum atomic E-state index is 0.105. The second-order valence-electron chi connectivity index (χ2n) is 3.50. The van der Waals surface area contributed by atoms with Crippen LogP contribution in [0.15, 0.2) is 18.2 Å². The van der Waals surface area contributed by atoms with Gasteiger partial charge in [-0.15, -0.1) is 0 Å². The molecule has 82 valence electrons. The number of nitrogens with zero attached hydrogens (tertiary/aromatic N) is 3. The van der Waals surface area contributed by atoms with Crippen molar-refractivity contribution in [2.24, 2.45) is 0 Å². The van der Waals surface area contributed by atoms with E-state index in [1.165, 1.54) is 11.1 Å². The van der Waals surface area contributed by atoms with E-state index in [0.29, 0.717) is 5.82 Å². The largest absolute Gasteiger partial charge is 0.227 e. The highest BCUT2D eigenvalue weighted by Crippen LogP contribution is 2.20. The molecule has 0 atom stereocenters. The fourth-order valence-electron chi connectivity index (χ4n) is 1.34. The highest BCUT2D eigenvalue weighted by Gasteiger charge is 2.06. The Balaban J connectivity index is 2.54.